The Balaban J connectivity index is 2.10. The zero-order valence-electron chi connectivity index (χ0n) is 12.2. The molecule has 0 aliphatic carbocycles. The number of non-ortho nitro benzene ring substituents is 1. The van der Waals surface area contributed by atoms with Crippen molar-refractivity contribution in [3.63, 3.8) is 0 Å². The van der Waals surface area contributed by atoms with Crippen LogP contribution in [-0.2, 0) is 0 Å². The number of carbonyl (C=O) groups is 1. The van der Waals surface area contributed by atoms with E-state index in [4.69, 9.17) is 5.73 Å². The average molecular weight is 291 g/mol. The normalized spacial score (nSPS) is 16.0. The van der Waals surface area contributed by atoms with Crippen LogP contribution in [0.15, 0.2) is 18.2 Å². The Labute approximate surface area is 124 Å². The molecule has 1 fully saturated rings. The minimum atomic E-state index is -0.469. The number of likely N-dealkylation sites (tertiary alicyclic amines) is 1. The van der Waals surface area contributed by atoms with Crippen molar-refractivity contribution < 1.29 is 9.72 Å². The fourth-order valence-corrected chi connectivity index (χ4v) is 2.78. The number of hydrogen-bond donors (Lipinski definition) is 1. The average Bonchev–Trinajstić information content (AvgIpc) is 2.48. The predicted molar refractivity (Wildman–Crippen MR) is 80.1 cm³/mol. The number of nitro benzene ring substituents is 1. The summed E-state index contributed by atoms with van der Waals surface area (Å²) in [5, 5.41) is 10.8. The van der Waals surface area contributed by atoms with E-state index in [9.17, 15) is 14.9 Å². The lowest BCUT2D eigenvalue weighted by molar-refractivity contribution is -0.384. The topological polar surface area (TPSA) is 89.5 Å². The highest BCUT2D eigenvalue weighted by atomic mass is 16.6. The van der Waals surface area contributed by atoms with E-state index in [1.54, 1.807) is 17.9 Å². The SMILES string of the molecule is Cc1ccc([N+](=O)[O-])cc1C(=O)N1CCC(CCN)CC1. The van der Waals surface area contributed by atoms with Crippen LogP contribution in [0.2, 0.25) is 0 Å². The molecule has 6 heteroatoms. The standard InChI is InChI=1S/C15H21N3O3/c1-11-2-3-13(18(20)21)10-14(11)15(19)17-8-5-12(4-7-16)6-9-17/h2-3,10,12H,4-9,16H2,1H3. The monoisotopic (exact) mass is 291 g/mol. The number of rotatable bonds is 4. The van der Waals surface area contributed by atoms with Gasteiger partial charge in [0.2, 0.25) is 0 Å². The van der Waals surface area contributed by atoms with Crippen molar-refractivity contribution in [2.75, 3.05) is 19.6 Å². The fraction of sp³-hybridized carbons (Fsp3) is 0.533. The first-order valence-corrected chi connectivity index (χ1v) is 7.27. The summed E-state index contributed by atoms with van der Waals surface area (Å²) in [6, 6.07) is 4.44. The molecule has 2 rings (SSSR count). The minimum Gasteiger partial charge on any atom is -0.339 e. The van der Waals surface area contributed by atoms with Crippen molar-refractivity contribution in [2.24, 2.45) is 11.7 Å². The molecule has 0 atom stereocenters. The quantitative estimate of drug-likeness (QED) is 0.679. The van der Waals surface area contributed by atoms with Gasteiger partial charge in [-0.3, -0.25) is 14.9 Å². The van der Waals surface area contributed by atoms with Gasteiger partial charge in [-0.2, -0.15) is 0 Å². The molecular formula is C15H21N3O3. The second kappa shape index (κ2) is 6.67. The number of nitro groups is 1. The van der Waals surface area contributed by atoms with Gasteiger partial charge in [-0.05, 0) is 44.2 Å². The summed E-state index contributed by atoms with van der Waals surface area (Å²) in [7, 11) is 0. The van der Waals surface area contributed by atoms with Gasteiger partial charge in [0.05, 0.1) is 4.92 Å². The molecule has 0 aromatic heterocycles. The van der Waals surface area contributed by atoms with Crippen LogP contribution in [0.25, 0.3) is 0 Å². The molecule has 2 N–H and O–H groups in total. The zero-order valence-corrected chi connectivity index (χ0v) is 12.2. The summed E-state index contributed by atoms with van der Waals surface area (Å²) < 4.78 is 0. The van der Waals surface area contributed by atoms with Crippen molar-refractivity contribution in [2.45, 2.75) is 26.2 Å². The van der Waals surface area contributed by atoms with Gasteiger partial charge in [-0.15, -0.1) is 0 Å². The first-order valence-electron chi connectivity index (χ1n) is 7.27. The van der Waals surface area contributed by atoms with Gasteiger partial charge in [0, 0.05) is 30.8 Å². The molecule has 6 nitrogen and oxygen atoms in total. The molecule has 0 bridgehead atoms. The van der Waals surface area contributed by atoms with Gasteiger partial charge in [-0.25, -0.2) is 0 Å². The van der Waals surface area contributed by atoms with Gasteiger partial charge >= 0.3 is 0 Å². The van der Waals surface area contributed by atoms with Gasteiger partial charge in [0.15, 0.2) is 0 Å². The summed E-state index contributed by atoms with van der Waals surface area (Å²) in [5.41, 5.74) is 6.73. The van der Waals surface area contributed by atoms with Crippen LogP contribution in [0.4, 0.5) is 5.69 Å². The zero-order chi connectivity index (χ0) is 15.4. The Hall–Kier alpha value is -1.95. The van der Waals surface area contributed by atoms with E-state index in [-0.39, 0.29) is 11.6 Å². The third-order valence-corrected chi connectivity index (χ3v) is 4.14. The molecule has 21 heavy (non-hydrogen) atoms. The van der Waals surface area contributed by atoms with E-state index >= 15 is 0 Å². The number of carbonyl (C=O) groups excluding carboxylic acids is 1. The molecule has 1 aromatic rings. The number of nitrogens with two attached hydrogens (primary N) is 1. The number of nitrogens with zero attached hydrogens (tertiary/aromatic N) is 2. The van der Waals surface area contributed by atoms with Gasteiger partial charge in [0.1, 0.15) is 0 Å². The molecule has 114 valence electrons. The lowest BCUT2D eigenvalue weighted by Gasteiger charge is -2.32. The van der Waals surface area contributed by atoms with E-state index in [2.05, 4.69) is 0 Å². The van der Waals surface area contributed by atoms with Crippen molar-refractivity contribution in [1.82, 2.24) is 4.90 Å². The van der Waals surface area contributed by atoms with Crippen molar-refractivity contribution >= 4 is 11.6 Å². The van der Waals surface area contributed by atoms with E-state index in [1.807, 2.05) is 0 Å². The maximum absolute atomic E-state index is 12.5. The van der Waals surface area contributed by atoms with Crippen LogP contribution in [0, 0.1) is 23.0 Å². The summed E-state index contributed by atoms with van der Waals surface area (Å²) in [5.74, 6) is 0.479. The molecule has 0 unspecified atom stereocenters. The molecule has 0 spiro atoms. The van der Waals surface area contributed by atoms with Crippen molar-refractivity contribution in [1.29, 1.82) is 0 Å². The highest BCUT2D eigenvalue weighted by Crippen LogP contribution is 2.24. The molecule has 1 aliphatic heterocycles. The Morgan fingerprint density at radius 1 is 1.43 bits per heavy atom. The maximum Gasteiger partial charge on any atom is 0.270 e. The van der Waals surface area contributed by atoms with Crippen LogP contribution in [0.5, 0.6) is 0 Å². The first kappa shape index (κ1) is 15.4. The molecule has 1 heterocycles. The van der Waals surface area contributed by atoms with Crippen LogP contribution in [-0.4, -0.2) is 35.4 Å². The summed E-state index contributed by atoms with van der Waals surface area (Å²) >= 11 is 0. The molecular weight excluding hydrogens is 270 g/mol. The van der Waals surface area contributed by atoms with Crippen molar-refractivity contribution in [3.8, 4) is 0 Å². The Morgan fingerprint density at radius 2 is 2.10 bits per heavy atom. The molecule has 1 aromatic carbocycles. The number of hydrogen-bond acceptors (Lipinski definition) is 4. The maximum atomic E-state index is 12.5. The van der Waals surface area contributed by atoms with Crippen LogP contribution in [0.1, 0.15) is 35.2 Å². The Bertz CT molecular complexity index is 537. The second-order valence-electron chi connectivity index (χ2n) is 5.57. The molecule has 1 aliphatic rings. The van der Waals surface area contributed by atoms with Gasteiger partial charge in [0.25, 0.3) is 11.6 Å². The molecule has 1 saturated heterocycles. The third-order valence-electron chi connectivity index (χ3n) is 4.14. The van der Waals surface area contributed by atoms with Gasteiger partial charge < -0.3 is 10.6 Å². The Kier molecular flexibility index (Phi) is 4.90. The van der Waals surface area contributed by atoms with Gasteiger partial charge in [-0.1, -0.05) is 6.07 Å². The predicted octanol–water partition coefficient (Wildman–Crippen LogP) is 2.10. The number of piperidine rings is 1. The number of benzene rings is 1. The smallest absolute Gasteiger partial charge is 0.270 e. The fourth-order valence-electron chi connectivity index (χ4n) is 2.78. The number of aryl methyl sites for hydroxylation is 1. The van der Waals surface area contributed by atoms with E-state index < -0.39 is 4.92 Å². The van der Waals surface area contributed by atoms with Crippen LogP contribution >= 0.6 is 0 Å². The first-order chi connectivity index (χ1) is 10.0. The van der Waals surface area contributed by atoms with E-state index in [0.717, 1.165) is 24.8 Å². The minimum absolute atomic E-state index is 0.0398. The summed E-state index contributed by atoms with van der Waals surface area (Å²) in [6.45, 7) is 3.89. The highest BCUT2D eigenvalue weighted by molar-refractivity contribution is 5.96. The molecule has 1 amide bonds. The summed E-state index contributed by atoms with van der Waals surface area (Å²) in [6.07, 6.45) is 2.91. The van der Waals surface area contributed by atoms with Crippen molar-refractivity contribution in [3.05, 3.63) is 39.4 Å². The van der Waals surface area contributed by atoms with Crippen LogP contribution < -0.4 is 5.73 Å². The molecule has 0 saturated carbocycles. The largest absolute Gasteiger partial charge is 0.339 e. The lowest BCUT2D eigenvalue weighted by Crippen LogP contribution is -2.39. The summed E-state index contributed by atoms with van der Waals surface area (Å²) in [4.78, 5) is 24.7. The highest BCUT2D eigenvalue weighted by Gasteiger charge is 2.25. The second-order valence-corrected chi connectivity index (χ2v) is 5.57. The third kappa shape index (κ3) is 3.58. The Morgan fingerprint density at radius 3 is 2.67 bits per heavy atom. The lowest BCUT2D eigenvalue weighted by atomic mass is 9.93. The number of amides is 1. The van der Waals surface area contributed by atoms with E-state index in [0.29, 0.717) is 31.1 Å². The van der Waals surface area contributed by atoms with Crippen LogP contribution in [0.3, 0.4) is 0 Å². The van der Waals surface area contributed by atoms with E-state index in [1.165, 1.54) is 12.1 Å². The molecule has 0 radical (unpaired) electrons.